The number of hydrogen-bond acceptors (Lipinski definition) is 8. The first-order chi connectivity index (χ1) is 14.9. The second-order valence-electron chi connectivity index (χ2n) is 6.76. The summed E-state index contributed by atoms with van der Waals surface area (Å²) in [4.78, 5) is 36.4. The summed E-state index contributed by atoms with van der Waals surface area (Å²) in [7, 11) is 0. The highest BCUT2D eigenvalue weighted by Crippen LogP contribution is 2.17. The van der Waals surface area contributed by atoms with Gasteiger partial charge in [0.05, 0.1) is 0 Å². The van der Waals surface area contributed by atoms with Crippen LogP contribution in [0.1, 0.15) is 28.9 Å². The maximum absolute atomic E-state index is 12.7. The first kappa shape index (κ1) is 22.2. The number of anilines is 2. The van der Waals surface area contributed by atoms with Crippen molar-refractivity contribution in [2.45, 2.75) is 25.5 Å². The molecule has 2 heterocycles. The van der Waals surface area contributed by atoms with E-state index in [0.29, 0.717) is 0 Å². The van der Waals surface area contributed by atoms with E-state index in [2.05, 4.69) is 30.9 Å². The average molecular weight is 447 g/mol. The van der Waals surface area contributed by atoms with Crippen LogP contribution in [-0.2, 0) is 11.3 Å². The van der Waals surface area contributed by atoms with Gasteiger partial charge in [-0.1, -0.05) is 41.9 Å². The van der Waals surface area contributed by atoms with Crippen molar-refractivity contribution in [2.24, 2.45) is 4.99 Å². The lowest BCUT2D eigenvalue weighted by atomic mass is 10.1. The molecule has 2 aromatic rings. The lowest BCUT2D eigenvalue weighted by Gasteiger charge is -2.25. The summed E-state index contributed by atoms with van der Waals surface area (Å²) in [5, 5.41) is 8.63. The standard InChI is InChI=1S/C19H23ClN8O3/c20-14-16(22)26-15(21)13(25-14)17(29)27-18(24-12-6-8-23-9-7-12)28-19(30)31-10-11-4-2-1-3-5-11/h1-5,12,23H,6-10H2,(H4,21,22,26)(H2,24,27,28,29,30). The second kappa shape index (κ2) is 10.5. The fraction of sp³-hybridized carbons (Fsp3) is 0.316. The summed E-state index contributed by atoms with van der Waals surface area (Å²) in [6, 6.07) is 9.16. The average Bonchev–Trinajstić information content (AvgIpc) is 2.76. The Labute approximate surface area is 183 Å². The number of aliphatic imine (C=N–C) groups is 1. The molecule has 1 aromatic carbocycles. The fourth-order valence-corrected chi connectivity index (χ4v) is 3.00. The molecule has 2 amide bonds. The zero-order valence-electron chi connectivity index (χ0n) is 16.6. The van der Waals surface area contributed by atoms with Gasteiger partial charge in [-0.15, -0.1) is 4.99 Å². The van der Waals surface area contributed by atoms with Crippen LogP contribution < -0.4 is 27.4 Å². The van der Waals surface area contributed by atoms with Crippen LogP contribution in [0.15, 0.2) is 35.3 Å². The van der Waals surface area contributed by atoms with Gasteiger partial charge < -0.3 is 26.8 Å². The molecule has 1 aliphatic heterocycles. The van der Waals surface area contributed by atoms with E-state index in [9.17, 15) is 9.59 Å². The number of nitrogens with one attached hydrogen (secondary N) is 3. The van der Waals surface area contributed by atoms with Crippen LogP contribution in [0.25, 0.3) is 0 Å². The topological polar surface area (TPSA) is 170 Å². The number of nitrogens with zero attached hydrogens (tertiary/aromatic N) is 3. The van der Waals surface area contributed by atoms with Gasteiger partial charge in [0.1, 0.15) is 6.61 Å². The maximum atomic E-state index is 12.7. The molecular formula is C19H23ClN8O3. The molecule has 0 spiro atoms. The van der Waals surface area contributed by atoms with Crippen LogP contribution >= 0.6 is 11.6 Å². The number of halogens is 1. The second-order valence-corrected chi connectivity index (χ2v) is 7.11. The van der Waals surface area contributed by atoms with E-state index >= 15 is 0 Å². The van der Waals surface area contributed by atoms with E-state index < -0.39 is 12.0 Å². The highest BCUT2D eigenvalue weighted by molar-refractivity contribution is 6.31. The van der Waals surface area contributed by atoms with Crippen molar-refractivity contribution in [1.82, 2.24) is 25.9 Å². The van der Waals surface area contributed by atoms with Gasteiger partial charge in [0.25, 0.3) is 5.91 Å². The summed E-state index contributed by atoms with van der Waals surface area (Å²) in [5.74, 6) is -1.12. The summed E-state index contributed by atoms with van der Waals surface area (Å²) < 4.78 is 5.17. The zero-order chi connectivity index (χ0) is 22.2. The Hall–Kier alpha value is -3.44. The highest BCUT2D eigenvalue weighted by atomic mass is 35.5. The number of rotatable bonds is 4. The fourth-order valence-electron chi connectivity index (χ4n) is 2.87. The lowest BCUT2D eigenvalue weighted by Crippen LogP contribution is -2.49. The first-order valence-electron chi connectivity index (χ1n) is 9.59. The SMILES string of the molecule is Nc1nc(N)c(C(=O)NC(=NC(=O)OCc2ccccc2)NC2CCNCC2)nc1Cl. The number of hydrogen-bond donors (Lipinski definition) is 5. The van der Waals surface area contributed by atoms with Gasteiger partial charge in [0.15, 0.2) is 22.5 Å². The molecule has 0 saturated carbocycles. The Morgan fingerprint density at radius 1 is 1.16 bits per heavy atom. The molecule has 0 aliphatic carbocycles. The molecule has 7 N–H and O–H groups in total. The van der Waals surface area contributed by atoms with Gasteiger partial charge in [-0.25, -0.2) is 14.8 Å². The third kappa shape index (κ3) is 6.52. The van der Waals surface area contributed by atoms with Crippen LogP contribution in [0.4, 0.5) is 16.4 Å². The Morgan fingerprint density at radius 3 is 2.58 bits per heavy atom. The molecule has 0 radical (unpaired) electrons. The van der Waals surface area contributed by atoms with Crippen molar-refractivity contribution in [3.05, 3.63) is 46.7 Å². The summed E-state index contributed by atoms with van der Waals surface area (Å²) >= 11 is 5.84. The number of nitrogen functional groups attached to an aromatic ring is 2. The van der Waals surface area contributed by atoms with E-state index in [1.54, 1.807) is 0 Å². The predicted molar refractivity (Wildman–Crippen MR) is 116 cm³/mol. The molecule has 1 aliphatic rings. The van der Waals surface area contributed by atoms with Gasteiger partial charge in [-0.3, -0.25) is 10.1 Å². The molecule has 0 atom stereocenters. The van der Waals surface area contributed by atoms with E-state index in [1.165, 1.54) is 0 Å². The summed E-state index contributed by atoms with van der Waals surface area (Å²) in [5.41, 5.74) is 11.8. The Balaban J connectivity index is 1.73. The quantitative estimate of drug-likeness (QED) is 0.340. The molecular weight excluding hydrogens is 424 g/mol. The van der Waals surface area contributed by atoms with Crippen LogP contribution in [0.5, 0.6) is 0 Å². The maximum Gasteiger partial charge on any atom is 0.437 e. The van der Waals surface area contributed by atoms with Crippen molar-refractivity contribution in [3.8, 4) is 0 Å². The van der Waals surface area contributed by atoms with E-state index in [0.717, 1.165) is 31.5 Å². The molecule has 0 unspecified atom stereocenters. The molecule has 3 rings (SSSR count). The summed E-state index contributed by atoms with van der Waals surface area (Å²) in [6.07, 6.45) is 0.697. The number of nitrogens with two attached hydrogens (primary N) is 2. The molecule has 31 heavy (non-hydrogen) atoms. The van der Waals surface area contributed by atoms with Crippen LogP contribution in [0.2, 0.25) is 5.15 Å². The molecule has 1 fully saturated rings. The monoisotopic (exact) mass is 446 g/mol. The number of ether oxygens (including phenoxy) is 1. The number of amides is 2. The van der Waals surface area contributed by atoms with Crippen molar-refractivity contribution < 1.29 is 14.3 Å². The third-order valence-electron chi connectivity index (χ3n) is 4.44. The van der Waals surface area contributed by atoms with Crippen molar-refractivity contribution in [3.63, 3.8) is 0 Å². The van der Waals surface area contributed by atoms with E-state index in [-0.39, 0.29) is 41.1 Å². The molecule has 0 bridgehead atoms. The molecule has 164 valence electrons. The first-order valence-corrected chi connectivity index (χ1v) is 9.96. The van der Waals surface area contributed by atoms with Crippen LogP contribution in [-0.4, -0.2) is 47.1 Å². The van der Waals surface area contributed by atoms with Gasteiger partial charge in [-0.05, 0) is 31.5 Å². The number of carbonyl (C=O) groups excluding carboxylic acids is 2. The van der Waals surface area contributed by atoms with Gasteiger partial charge in [0, 0.05) is 6.04 Å². The minimum absolute atomic E-state index is 0.000611. The van der Waals surface area contributed by atoms with Crippen molar-refractivity contribution in [2.75, 3.05) is 24.6 Å². The smallest absolute Gasteiger partial charge is 0.437 e. The van der Waals surface area contributed by atoms with Crippen molar-refractivity contribution >= 4 is 41.2 Å². The van der Waals surface area contributed by atoms with Crippen molar-refractivity contribution in [1.29, 1.82) is 0 Å². The van der Waals surface area contributed by atoms with E-state index in [4.69, 9.17) is 27.8 Å². The largest absolute Gasteiger partial charge is 0.443 e. The molecule has 1 saturated heterocycles. The number of piperidine rings is 1. The minimum Gasteiger partial charge on any atom is -0.443 e. The number of guanidine groups is 1. The predicted octanol–water partition coefficient (Wildman–Crippen LogP) is 1.06. The number of benzene rings is 1. The third-order valence-corrected chi connectivity index (χ3v) is 4.72. The Kier molecular flexibility index (Phi) is 7.57. The van der Waals surface area contributed by atoms with Gasteiger partial charge in [0.2, 0.25) is 5.96 Å². The highest BCUT2D eigenvalue weighted by Gasteiger charge is 2.21. The van der Waals surface area contributed by atoms with Crippen LogP contribution in [0, 0.1) is 0 Å². The zero-order valence-corrected chi connectivity index (χ0v) is 17.4. The van der Waals surface area contributed by atoms with Gasteiger partial charge >= 0.3 is 6.09 Å². The number of aromatic nitrogens is 2. The molecule has 12 heteroatoms. The van der Waals surface area contributed by atoms with Gasteiger partial charge in [-0.2, -0.15) is 0 Å². The Bertz CT molecular complexity index is 964. The van der Waals surface area contributed by atoms with E-state index in [1.807, 2.05) is 30.3 Å². The van der Waals surface area contributed by atoms with Crippen LogP contribution in [0.3, 0.4) is 0 Å². The minimum atomic E-state index is -0.866. The Morgan fingerprint density at radius 2 is 1.87 bits per heavy atom. The lowest BCUT2D eigenvalue weighted by molar-refractivity contribution is 0.0971. The molecule has 11 nitrogen and oxygen atoms in total. The summed E-state index contributed by atoms with van der Waals surface area (Å²) in [6.45, 7) is 1.64. The normalized spacial score (nSPS) is 14.7. The number of carbonyl (C=O) groups is 2. The molecule has 1 aromatic heterocycles.